The molecule has 1 amide bonds. The van der Waals surface area contributed by atoms with Crippen molar-refractivity contribution in [2.75, 3.05) is 27.9 Å². The zero-order valence-corrected chi connectivity index (χ0v) is 20.0. The Bertz CT molecular complexity index is 1360. The van der Waals surface area contributed by atoms with Crippen molar-refractivity contribution in [1.82, 2.24) is 14.7 Å². The second-order valence-corrected chi connectivity index (χ2v) is 8.32. The summed E-state index contributed by atoms with van der Waals surface area (Å²) in [5.74, 6) is 1.95. The van der Waals surface area contributed by atoms with Crippen molar-refractivity contribution >= 4 is 5.91 Å². The van der Waals surface area contributed by atoms with E-state index in [0.717, 1.165) is 28.8 Å². The summed E-state index contributed by atoms with van der Waals surface area (Å²) >= 11 is 0. The topological polar surface area (TPSA) is 65.8 Å². The minimum absolute atomic E-state index is 0.0754. The largest absolute Gasteiger partial charge is 0.496 e. The van der Waals surface area contributed by atoms with E-state index in [1.165, 1.54) is 0 Å². The zero-order valence-electron chi connectivity index (χ0n) is 20.0. The van der Waals surface area contributed by atoms with Crippen LogP contribution in [0.2, 0.25) is 0 Å². The predicted octanol–water partition coefficient (Wildman–Crippen LogP) is 4.76. The first-order chi connectivity index (χ1) is 17.1. The van der Waals surface area contributed by atoms with Crippen molar-refractivity contribution in [3.05, 3.63) is 89.6 Å². The van der Waals surface area contributed by atoms with Crippen molar-refractivity contribution in [1.29, 1.82) is 0 Å². The summed E-state index contributed by atoms with van der Waals surface area (Å²) in [6.07, 6.45) is 2.54. The van der Waals surface area contributed by atoms with Crippen LogP contribution in [-0.2, 0) is 13.0 Å². The maximum Gasteiger partial charge on any atom is 0.258 e. The lowest BCUT2D eigenvalue weighted by Crippen LogP contribution is -2.36. The number of benzene rings is 3. The van der Waals surface area contributed by atoms with Crippen molar-refractivity contribution < 1.29 is 19.0 Å². The van der Waals surface area contributed by atoms with Gasteiger partial charge in [-0.2, -0.15) is 5.10 Å². The van der Waals surface area contributed by atoms with Gasteiger partial charge in [-0.15, -0.1) is 0 Å². The Labute approximate surface area is 204 Å². The Morgan fingerprint density at radius 2 is 1.49 bits per heavy atom. The highest BCUT2D eigenvalue weighted by Crippen LogP contribution is 2.35. The minimum Gasteiger partial charge on any atom is -0.496 e. The summed E-state index contributed by atoms with van der Waals surface area (Å²) in [7, 11) is 4.87. The van der Waals surface area contributed by atoms with Crippen LogP contribution >= 0.6 is 0 Å². The number of methoxy groups -OCH3 is 3. The molecule has 4 aromatic rings. The quantitative estimate of drug-likeness (QED) is 0.407. The highest BCUT2D eigenvalue weighted by atomic mass is 16.5. The maximum atomic E-state index is 13.9. The molecule has 7 nitrogen and oxygen atoms in total. The second-order valence-electron chi connectivity index (χ2n) is 8.32. The third kappa shape index (κ3) is 4.21. The highest BCUT2D eigenvalue weighted by molar-refractivity contribution is 6.00. The van der Waals surface area contributed by atoms with E-state index in [0.29, 0.717) is 41.6 Å². The molecule has 1 aromatic heterocycles. The lowest BCUT2D eigenvalue weighted by atomic mass is 9.97. The number of hydrogen-bond donors (Lipinski definition) is 0. The lowest BCUT2D eigenvalue weighted by Gasteiger charge is -2.29. The molecule has 1 aliphatic rings. The molecule has 5 rings (SSSR count). The van der Waals surface area contributed by atoms with E-state index in [4.69, 9.17) is 19.3 Å². The van der Waals surface area contributed by atoms with Crippen molar-refractivity contribution in [3.8, 4) is 34.2 Å². The van der Waals surface area contributed by atoms with Gasteiger partial charge in [0.2, 0.25) is 0 Å². The summed E-state index contributed by atoms with van der Waals surface area (Å²) in [6.45, 7) is 1.08. The highest BCUT2D eigenvalue weighted by Gasteiger charge is 2.28. The van der Waals surface area contributed by atoms with Crippen molar-refractivity contribution in [3.63, 3.8) is 0 Å². The van der Waals surface area contributed by atoms with Crippen LogP contribution in [0.4, 0.5) is 0 Å². The number of ether oxygens (including phenoxy) is 3. The van der Waals surface area contributed by atoms with Gasteiger partial charge < -0.3 is 19.1 Å². The fraction of sp³-hybridized carbons (Fsp3) is 0.214. The third-order valence-electron chi connectivity index (χ3n) is 6.33. The van der Waals surface area contributed by atoms with Crippen LogP contribution < -0.4 is 14.2 Å². The van der Waals surface area contributed by atoms with Gasteiger partial charge in [0.25, 0.3) is 5.91 Å². The number of carbonyl (C=O) groups excluding carboxylic acids is 1. The van der Waals surface area contributed by atoms with E-state index in [2.05, 4.69) is 0 Å². The van der Waals surface area contributed by atoms with Crippen LogP contribution in [0.15, 0.2) is 72.9 Å². The molecule has 0 N–H and O–H groups in total. The van der Waals surface area contributed by atoms with Crippen LogP contribution in [0.1, 0.15) is 21.5 Å². The van der Waals surface area contributed by atoms with Gasteiger partial charge in [0.15, 0.2) is 11.5 Å². The summed E-state index contributed by atoms with van der Waals surface area (Å²) in [4.78, 5) is 15.8. The fourth-order valence-corrected chi connectivity index (χ4v) is 4.51. The van der Waals surface area contributed by atoms with E-state index < -0.39 is 0 Å². The van der Waals surface area contributed by atoms with Gasteiger partial charge in [0, 0.05) is 24.8 Å². The molecule has 35 heavy (non-hydrogen) atoms. The molecule has 7 heteroatoms. The van der Waals surface area contributed by atoms with Crippen LogP contribution in [0.3, 0.4) is 0 Å². The first-order valence-corrected chi connectivity index (χ1v) is 11.4. The number of hydrogen-bond acceptors (Lipinski definition) is 5. The van der Waals surface area contributed by atoms with Crippen LogP contribution in [0.25, 0.3) is 16.9 Å². The first kappa shape index (κ1) is 22.5. The average molecular weight is 470 g/mol. The van der Waals surface area contributed by atoms with E-state index in [1.54, 1.807) is 26.0 Å². The van der Waals surface area contributed by atoms with E-state index in [1.807, 2.05) is 77.8 Å². The average Bonchev–Trinajstić information content (AvgIpc) is 3.37. The number of para-hydroxylation sites is 2. The third-order valence-corrected chi connectivity index (χ3v) is 6.33. The Balaban J connectivity index is 1.55. The second kappa shape index (κ2) is 9.54. The molecule has 0 atom stereocenters. The zero-order chi connectivity index (χ0) is 24.4. The Morgan fingerprint density at radius 1 is 0.829 bits per heavy atom. The summed E-state index contributed by atoms with van der Waals surface area (Å²) in [5, 5.41) is 4.82. The molecule has 0 spiro atoms. The standard InChI is InChI=1S/C28H27N3O4/c1-33-24-12-8-7-11-22(24)27-23(18-31(29-27)21-9-5-4-6-10-21)28(32)30-14-13-19-15-25(34-2)26(35-3)16-20(19)17-30/h4-12,15-16,18H,13-14,17H2,1-3H3. The van der Waals surface area contributed by atoms with Gasteiger partial charge in [-0.1, -0.05) is 30.3 Å². The first-order valence-electron chi connectivity index (χ1n) is 11.4. The predicted molar refractivity (Wildman–Crippen MR) is 134 cm³/mol. The van der Waals surface area contributed by atoms with E-state index in [9.17, 15) is 4.79 Å². The Hall–Kier alpha value is -4.26. The number of aromatic nitrogens is 2. The molecule has 0 unspecified atom stereocenters. The number of nitrogens with zero attached hydrogens (tertiary/aromatic N) is 3. The Kier molecular flexibility index (Phi) is 6.14. The molecule has 0 saturated carbocycles. The lowest BCUT2D eigenvalue weighted by molar-refractivity contribution is 0.0735. The molecule has 0 saturated heterocycles. The van der Waals surface area contributed by atoms with Gasteiger partial charge >= 0.3 is 0 Å². The minimum atomic E-state index is -0.0754. The monoisotopic (exact) mass is 469 g/mol. The normalized spacial score (nSPS) is 12.7. The summed E-state index contributed by atoms with van der Waals surface area (Å²) < 4.78 is 18.3. The molecule has 3 aromatic carbocycles. The summed E-state index contributed by atoms with van der Waals surface area (Å²) in [5.41, 5.74) is 4.99. The van der Waals surface area contributed by atoms with Crippen molar-refractivity contribution in [2.45, 2.75) is 13.0 Å². The molecule has 2 heterocycles. The van der Waals surface area contributed by atoms with Crippen LogP contribution in [-0.4, -0.2) is 48.5 Å². The smallest absolute Gasteiger partial charge is 0.258 e. The van der Waals surface area contributed by atoms with E-state index in [-0.39, 0.29) is 5.91 Å². The molecule has 0 bridgehead atoms. The number of amides is 1. The summed E-state index contributed by atoms with van der Waals surface area (Å²) in [6, 6.07) is 21.4. The van der Waals surface area contributed by atoms with E-state index >= 15 is 0 Å². The number of rotatable bonds is 6. The maximum absolute atomic E-state index is 13.9. The molecule has 1 aliphatic heterocycles. The van der Waals surface area contributed by atoms with Crippen LogP contribution in [0.5, 0.6) is 17.2 Å². The molecular weight excluding hydrogens is 442 g/mol. The number of fused-ring (bicyclic) bond motifs is 1. The van der Waals surface area contributed by atoms with Gasteiger partial charge in [-0.05, 0) is 53.9 Å². The van der Waals surface area contributed by atoms with Gasteiger partial charge in [0.05, 0.1) is 32.6 Å². The molecule has 0 radical (unpaired) electrons. The van der Waals surface area contributed by atoms with Crippen molar-refractivity contribution in [2.24, 2.45) is 0 Å². The molecule has 0 aliphatic carbocycles. The van der Waals surface area contributed by atoms with Gasteiger partial charge in [-0.3, -0.25) is 4.79 Å². The fourth-order valence-electron chi connectivity index (χ4n) is 4.51. The SMILES string of the molecule is COc1cc2c(cc1OC)CN(C(=O)c1cn(-c3ccccc3)nc1-c1ccccc1OC)CC2. The van der Waals surface area contributed by atoms with Gasteiger partial charge in [-0.25, -0.2) is 4.68 Å². The van der Waals surface area contributed by atoms with Crippen LogP contribution in [0, 0.1) is 0 Å². The molecule has 178 valence electrons. The van der Waals surface area contributed by atoms with Gasteiger partial charge in [0.1, 0.15) is 11.4 Å². The molecular formula is C28H27N3O4. The number of carbonyl (C=O) groups is 1. The Morgan fingerprint density at radius 3 is 2.20 bits per heavy atom. The molecule has 0 fully saturated rings.